The van der Waals surface area contributed by atoms with Gasteiger partial charge in [-0.3, -0.25) is 0 Å². The van der Waals surface area contributed by atoms with E-state index in [0.717, 1.165) is 0 Å². The predicted octanol–water partition coefficient (Wildman–Crippen LogP) is -0.378. The van der Waals surface area contributed by atoms with E-state index in [1.54, 1.807) is 6.92 Å². The molecule has 1 heterocycles. The molecule has 1 unspecified atom stereocenters. The van der Waals surface area contributed by atoms with Crippen molar-refractivity contribution in [3.63, 3.8) is 0 Å². The van der Waals surface area contributed by atoms with E-state index in [9.17, 15) is 9.90 Å². The van der Waals surface area contributed by atoms with Crippen molar-refractivity contribution < 1.29 is 9.90 Å². The van der Waals surface area contributed by atoms with E-state index >= 15 is 0 Å². The molecule has 4 nitrogen and oxygen atoms in total. The third-order valence-electron chi connectivity index (χ3n) is 1.52. The number of carbonyl (C=O) groups is 1. The molecule has 2 N–H and O–H groups in total. The molecule has 1 aromatic rings. The van der Waals surface area contributed by atoms with Crippen molar-refractivity contribution in [2.45, 2.75) is 6.92 Å². The van der Waals surface area contributed by atoms with Crippen molar-refractivity contribution in [2.75, 3.05) is 5.73 Å². The van der Waals surface area contributed by atoms with Crippen LogP contribution in [0.15, 0.2) is 0 Å². The lowest BCUT2D eigenvalue weighted by Crippen LogP contribution is -2.23. The molecule has 0 aliphatic carbocycles. The van der Waals surface area contributed by atoms with Gasteiger partial charge in [-0.15, -0.1) is 0 Å². The molecule has 1 aromatic heterocycles. The van der Waals surface area contributed by atoms with Gasteiger partial charge in [-0.05, 0) is 0 Å². The summed E-state index contributed by atoms with van der Waals surface area (Å²) in [6.07, 6.45) is 1.84. The molecule has 0 saturated carbocycles. The Kier molecular flexibility index (Phi) is 1.82. The molecule has 1 rings (SSSR count). The summed E-state index contributed by atoms with van der Waals surface area (Å²) in [7, 11) is -0.326. The highest BCUT2D eigenvalue weighted by molar-refractivity contribution is 7.33. The Morgan fingerprint density at radius 2 is 2.27 bits per heavy atom. The summed E-state index contributed by atoms with van der Waals surface area (Å²) >= 11 is 0. The molecule has 0 fully saturated rings. The maximum atomic E-state index is 10.4. The third-order valence-corrected chi connectivity index (χ3v) is 3.35. The molecule has 0 spiro atoms. The van der Waals surface area contributed by atoms with Crippen molar-refractivity contribution in [3.8, 4) is 0 Å². The first-order valence-corrected chi connectivity index (χ1v) is 4.59. The van der Waals surface area contributed by atoms with Crippen LogP contribution in [0.1, 0.15) is 15.4 Å². The highest BCUT2D eigenvalue weighted by atomic mass is 32.2. The molecule has 11 heavy (non-hydrogen) atoms. The van der Waals surface area contributed by atoms with E-state index in [-0.39, 0.29) is 16.2 Å². The van der Waals surface area contributed by atoms with E-state index < -0.39 is 5.97 Å². The molecule has 0 aliphatic rings. The molecule has 0 saturated heterocycles. The van der Waals surface area contributed by atoms with Gasteiger partial charge in [0.05, 0.1) is 5.97 Å². The van der Waals surface area contributed by atoms with E-state index in [0.29, 0.717) is 10.0 Å². The number of nitrogens with two attached hydrogens (primary N) is 1. The molecule has 0 radical (unpaired) electrons. The maximum Gasteiger partial charge on any atom is 0.337 e. The fraction of sp³-hybridized carbons (Fsp3) is 0.333. The van der Waals surface area contributed by atoms with Crippen LogP contribution in [0.5, 0.6) is 0 Å². The topological polar surface area (TPSA) is 79.0 Å². The average Bonchev–Trinajstić information content (AvgIpc) is 2.17. The Hall–Kier alpha value is -1.10. The van der Waals surface area contributed by atoms with Crippen LogP contribution in [0.25, 0.3) is 0 Å². The molecular weight excluding hydrogens is 164 g/mol. The van der Waals surface area contributed by atoms with Gasteiger partial charge in [0.1, 0.15) is 11.9 Å². The number of anilines is 1. The van der Waals surface area contributed by atoms with Gasteiger partial charge in [0.15, 0.2) is 4.88 Å². The van der Waals surface area contributed by atoms with Gasteiger partial charge in [0, 0.05) is 17.4 Å². The number of carbonyl (C=O) groups excluding carboxylic acids is 1. The van der Waals surface area contributed by atoms with Crippen LogP contribution in [0, 0.1) is 6.92 Å². The first kappa shape index (κ1) is 8.00. The van der Waals surface area contributed by atoms with Gasteiger partial charge < -0.3 is 15.6 Å². The molecule has 0 amide bonds. The van der Waals surface area contributed by atoms with Gasteiger partial charge in [-0.25, -0.2) is 0 Å². The van der Waals surface area contributed by atoms with E-state index in [4.69, 9.17) is 5.73 Å². The summed E-state index contributed by atoms with van der Waals surface area (Å²) in [5.41, 5.74) is 5.42. The van der Waals surface area contributed by atoms with Crippen molar-refractivity contribution >= 4 is 21.6 Å². The second kappa shape index (κ2) is 2.50. The van der Waals surface area contributed by atoms with Gasteiger partial charge in [0.2, 0.25) is 0 Å². The van der Waals surface area contributed by atoms with Crippen molar-refractivity contribution in [2.24, 2.45) is 6.26 Å². The number of carboxylic acid groups (broad SMARTS) is 1. The normalized spacial score (nSPS) is 11.6. The van der Waals surface area contributed by atoms with Gasteiger partial charge in [0.25, 0.3) is 0 Å². The van der Waals surface area contributed by atoms with Crippen molar-refractivity contribution in [1.29, 1.82) is 0 Å². The number of aromatic nitrogens is 1. The van der Waals surface area contributed by atoms with Crippen molar-refractivity contribution in [1.82, 2.24) is 4.98 Å². The standard InChI is InChI=1S/C6H8N2O2S/c1-3-4(5(9)10)8-6(7)11(3)2/h1-2H3,(H2-,7,8,9,10). The Morgan fingerprint density at radius 3 is 2.45 bits per heavy atom. The molecule has 0 aromatic carbocycles. The smallest absolute Gasteiger partial charge is 0.337 e. The van der Waals surface area contributed by atoms with Gasteiger partial charge >= 0.3 is 5.13 Å². The van der Waals surface area contributed by atoms with Gasteiger partial charge in [-0.1, -0.05) is 0 Å². The molecule has 0 bridgehead atoms. The highest BCUT2D eigenvalue weighted by Gasteiger charge is 2.19. The number of nitrogens with zero attached hydrogens (tertiary/aromatic N) is 1. The zero-order chi connectivity index (χ0) is 8.59. The second-order valence-corrected chi connectivity index (χ2v) is 4.20. The van der Waals surface area contributed by atoms with Crippen LogP contribution in [-0.2, 0) is 6.26 Å². The Morgan fingerprint density at radius 1 is 1.73 bits per heavy atom. The second-order valence-electron chi connectivity index (χ2n) is 2.15. The minimum atomic E-state index is -1.25. The first-order chi connectivity index (χ1) is 5.04. The monoisotopic (exact) mass is 172 g/mol. The van der Waals surface area contributed by atoms with Crippen LogP contribution in [0.2, 0.25) is 0 Å². The predicted molar refractivity (Wildman–Crippen MR) is 41.2 cm³/mol. The zero-order valence-corrected chi connectivity index (χ0v) is 7.07. The number of nitrogen functional groups attached to an aromatic ring is 1. The molecule has 0 aliphatic heterocycles. The lowest BCUT2D eigenvalue weighted by Gasteiger charge is -1.92. The van der Waals surface area contributed by atoms with Crippen LogP contribution >= 0.6 is 10.5 Å². The minimum Gasteiger partial charge on any atom is -0.543 e. The minimum absolute atomic E-state index is 0.00617. The largest absolute Gasteiger partial charge is 0.543 e. The Bertz CT molecular complexity index is 306. The van der Waals surface area contributed by atoms with Crippen LogP contribution in [0.3, 0.4) is 0 Å². The number of aromatic carboxylic acids is 1. The summed E-state index contributed by atoms with van der Waals surface area (Å²) in [5.74, 6) is -1.25. The van der Waals surface area contributed by atoms with E-state index in [1.165, 1.54) is 0 Å². The zero-order valence-electron chi connectivity index (χ0n) is 6.25. The lowest BCUT2D eigenvalue weighted by molar-refractivity contribution is -0.255. The molecule has 5 heteroatoms. The van der Waals surface area contributed by atoms with Crippen LogP contribution < -0.4 is 10.8 Å². The van der Waals surface area contributed by atoms with E-state index in [1.807, 2.05) is 6.26 Å². The molecule has 60 valence electrons. The average molecular weight is 172 g/mol. The quantitative estimate of drug-likeness (QED) is 0.586. The van der Waals surface area contributed by atoms with Crippen molar-refractivity contribution in [3.05, 3.63) is 10.6 Å². The number of hydrogen-bond acceptors (Lipinski definition) is 4. The number of hydrogen-bond donors (Lipinski definition) is 1. The third kappa shape index (κ3) is 1.19. The summed E-state index contributed by atoms with van der Waals surface area (Å²) in [5, 5.41) is 10.8. The number of carboxylic acids is 1. The Balaban J connectivity index is 3.29. The van der Waals surface area contributed by atoms with Crippen LogP contribution in [0.4, 0.5) is 5.13 Å². The number of rotatable bonds is 1. The fourth-order valence-corrected chi connectivity index (χ4v) is 1.71. The fourth-order valence-electron chi connectivity index (χ4n) is 0.749. The summed E-state index contributed by atoms with van der Waals surface area (Å²) in [4.78, 5) is 14.7. The maximum absolute atomic E-state index is 10.4. The highest BCUT2D eigenvalue weighted by Crippen LogP contribution is 2.29. The van der Waals surface area contributed by atoms with Gasteiger partial charge in [-0.2, -0.15) is 4.98 Å². The van der Waals surface area contributed by atoms with Crippen LogP contribution in [-0.4, -0.2) is 11.0 Å². The molecule has 1 atom stereocenters. The Labute approximate surface area is 66.6 Å². The summed E-state index contributed by atoms with van der Waals surface area (Å²) in [6.45, 7) is 1.71. The summed E-state index contributed by atoms with van der Waals surface area (Å²) in [6, 6.07) is 0. The first-order valence-electron chi connectivity index (χ1n) is 2.96. The number of thiazole rings is 1. The van der Waals surface area contributed by atoms with E-state index in [2.05, 4.69) is 4.98 Å². The molecular formula is C6H8N2O2S. The summed E-state index contributed by atoms with van der Waals surface area (Å²) < 4.78 is 0. The lowest BCUT2D eigenvalue weighted by atomic mass is 10.4. The SMILES string of the molecule is Cc1c(C(=O)[O-])nc(N)[s+]1C.